The molecule has 0 unspecified atom stereocenters. The van der Waals surface area contributed by atoms with Crippen LogP contribution in [0.5, 0.6) is 0 Å². The molecule has 91 heavy (non-hydrogen) atoms. The number of benzene rings is 14. The minimum Gasteiger partial charge on any atom is -0.309 e. The van der Waals surface area contributed by atoms with Crippen LogP contribution in [0.25, 0.3) is 156 Å². The summed E-state index contributed by atoms with van der Waals surface area (Å²) in [6.45, 7) is 0. The summed E-state index contributed by atoms with van der Waals surface area (Å²) >= 11 is 0. The maximum atomic E-state index is 2.52. The highest BCUT2D eigenvalue weighted by Crippen LogP contribution is 2.58. The lowest BCUT2D eigenvalue weighted by atomic mass is 9.75. The minimum atomic E-state index is 0.0453. The maximum absolute atomic E-state index is 2.52. The zero-order valence-electron chi connectivity index (χ0n) is 50.4. The highest BCUT2D eigenvalue weighted by atomic mass is 15.0. The Bertz CT molecular complexity index is 5250. The average Bonchev–Trinajstić information content (AvgIpc) is 1.59. The highest BCUT2D eigenvalue weighted by molar-refractivity contribution is 6.13. The van der Waals surface area contributed by atoms with Crippen LogP contribution in [0.4, 0.5) is 0 Å². The van der Waals surface area contributed by atoms with Gasteiger partial charge in [-0.3, -0.25) is 0 Å². The van der Waals surface area contributed by atoms with E-state index in [2.05, 4.69) is 337 Å². The number of fused-ring (bicyclic) bond motifs is 13. The van der Waals surface area contributed by atoms with E-state index in [0.717, 1.165) is 0 Å². The minimum absolute atomic E-state index is 0.0453. The second-order valence-electron chi connectivity index (χ2n) is 25.1. The number of hydrogen-bond donors (Lipinski definition) is 0. The van der Waals surface area contributed by atoms with Crippen molar-refractivity contribution in [1.82, 2.24) is 9.13 Å². The molecule has 16 aromatic rings. The molecule has 428 valence electrons. The molecule has 0 bridgehead atoms. The molecule has 2 nitrogen and oxygen atoms in total. The molecule has 2 heteroatoms. The number of para-hydroxylation sites is 2. The molecule has 2 heterocycles. The Hall–Kier alpha value is -11.3. The van der Waals surface area contributed by atoms with Crippen LogP contribution in [0.15, 0.2) is 303 Å². The molecule has 1 spiro atoms. The van der Waals surface area contributed by atoms with Crippen LogP contribution < -0.4 is 0 Å². The zero-order valence-corrected chi connectivity index (χ0v) is 50.4. The summed E-state index contributed by atoms with van der Waals surface area (Å²) in [5.74, 6) is 0. The van der Waals surface area contributed by atoms with Crippen LogP contribution in [-0.4, -0.2) is 9.13 Å². The van der Waals surface area contributed by atoms with Crippen molar-refractivity contribution in [2.75, 3.05) is 0 Å². The van der Waals surface area contributed by atoms with Crippen LogP contribution in [0, 0.1) is 0 Å². The van der Waals surface area contributed by atoms with Gasteiger partial charge in [0.15, 0.2) is 0 Å². The van der Waals surface area contributed by atoms with Gasteiger partial charge >= 0.3 is 0 Å². The molecule has 0 N–H and O–H groups in total. The lowest BCUT2D eigenvalue weighted by molar-refractivity contribution is 0.550. The smallest absolute Gasteiger partial charge is 0.0541 e. The summed E-state index contributed by atoms with van der Waals surface area (Å²) in [6, 6.07) is 113. The SMILES string of the molecule is C(=C\c1ccc(-c2ccc3c(c2)c2ccccc2n3-c2cccc3ccccc23)cc1)/c1ccc(-c2ccc3c(c2)C2(CCCC2)c2cc(-c4ccc(/C=C/c5ccc(-c6ccc7c(c6)c6ccccc6n7-c6cccc7ccccc67)cc5)cc4)ccc2-3)cc1. The van der Waals surface area contributed by atoms with E-state index in [-0.39, 0.29) is 5.41 Å². The summed E-state index contributed by atoms with van der Waals surface area (Å²) in [5.41, 5.74) is 27.8. The molecule has 14 aromatic carbocycles. The van der Waals surface area contributed by atoms with Gasteiger partial charge in [0.2, 0.25) is 0 Å². The predicted octanol–water partition coefficient (Wildman–Crippen LogP) is 24.0. The van der Waals surface area contributed by atoms with E-state index in [1.807, 2.05) is 0 Å². The molecule has 0 radical (unpaired) electrons. The number of nitrogens with zero attached hydrogens (tertiary/aromatic N) is 2. The van der Waals surface area contributed by atoms with Crippen molar-refractivity contribution in [1.29, 1.82) is 0 Å². The van der Waals surface area contributed by atoms with Crippen LogP contribution in [0.1, 0.15) is 59.1 Å². The first-order valence-corrected chi connectivity index (χ1v) is 32.2. The van der Waals surface area contributed by atoms with Gasteiger partial charge in [-0.05, 0) is 173 Å². The van der Waals surface area contributed by atoms with Gasteiger partial charge < -0.3 is 9.13 Å². The summed E-state index contributed by atoms with van der Waals surface area (Å²) in [4.78, 5) is 0. The molecule has 1 saturated carbocycles. The van der Waals surface area contributed by atoms with Gasteiger partial charge in [0.05, 0.1) is 33.4 Å². The Morgan fingerprint density at radius 2 is 0.549 bits per heavy atom. The molecule has 18 rings (SSSR count). The Labute approximate surface area is 530 Å². The fourth-order valence-electron chi connectivity index (χ4n) is 15.5. The van der Waals surface area contributed by atoms with Gasteiger partial charge in [-0.1, -0.05) is 280 Å². The monoisotopic (exact) mass is 1160 g/mol. The fraction of sp³-hybridized carbons (Fsp3) is 0.0562. The fourth-order valence-corrected chi connectivity index (χ4v) is 15.5. The van der Waals surface area contributed by atoms with E-state index < -0.39 is 0 Å². The van der Waals surface area contributed by atoms with E-state index >= 15 is 0 Å². The number of rotatable bonds is 10. The van der Waals surface area contributed by atoms with Gasteiger partial charge in [-0.25, -0.2) is 0 Å². The van der Waals surface area contributed by atoms with Crippen molar-refractivity contribution in [3.8, 4) is 67.0 Å². The van der Waals surface area contributed by atoms with E-state index in [0.29, 0.717) is 0 Å². The van der Waals surface area contributed by atoms with Crippen LogP contribution >= 0.6 is 0 Å². The van der Waals surface area contributed by atoms with Crippen LogP contribution in [0.2, 0.25) is 0 Å². The number of aromatic nitrogens is 2. The van der Waals surface area contributed by atoms with Gasteiger partial charge in [-0.15, -0.1) is 0 Å². The standard InChI is InChI=1S/C89H62N2/c1-3-17-73-67(13-1)15-11-23-83(73)90-85-21-7-5-19-77(85)79-55-69(47-51-87(79)90)63-37-29-59(30-38-63)25-27-61-33-41-65(42-34-61)71-45-49-75-76-50-46-72(58-82(76)89(81(75)57-71)53-9-10-54-89)66-43-35-62(36-44-66)28-26-60-31-39-64(40-32-60)70-48-52-88-80(56-70)78-20-6-8-22-86(78)91(88)84-24-12-16-68-14-2-4-18-74(68)84/h1-8,11-52,55-58H,9-10,53-54H2/b27-25+,28-26+. The first-order chi connectivity index (χ1) is 45.0. The molecule has 0 saturated heterocycles. The predicted molar refractivity (Wildman–Crippen MR) is 387 cm³/mol. The molecule has 2 aromatic heterocycles. The average molecular weight is 1160 g/mol. The quantitative estimate of drug-likeness (QED) is 0.121. The first-order valence-electron chi connectivity index (χ1n) is 32.2. The Morgan fingerprint density at radius 3 is 0.945 bits per heavy atom. The second kappa shape index (κ2) is 21.5. The molecule has 2 aliphatic carbocycles. The summed E-state index contributed by atoms with van der Waals surface area (Å²) in [5, 5.41) is 10.0. The third kappa shape index (κ3) is 8.92. The molecule has 0 atom stereocenters. The van der Waals surface area contributed by atoms with Gasteiger partial charge in [0.1, 0.15) is 0 Å². The molecule has 0 aliphatic heterocycles. The van der Waals surface area contributed by atoms with Crippen molar-refractivity contribution >= 4 is 89.5 Å². The van der Waals surface area contributed by atoms with Crippen LogP contribution in [-0.2, 0) is 5.41 Å². The second-order valence-corrected chi connectivity index (χ2v) is 25.1. The van der Waals surface area contributed by atoms with Crippen molar-refractivity contribution in [3.63, 3.8) is 0 Å². The normalized spacial score (nSPS) is 13.5. The lowest BCUT2D eigenvalue weighted by Crippen LogP contribution is -2.20. The van der Waals surface area contributed by atoms with Crippen molar-refractivity contribution in [2.24, 2.45) is 0 Å². The molecular weight excluding hydrogens is 1100 g/mol. The van der Waals surface area contributed by atoms with Gasteiger partial charge in [0, 0.05) is 37.7 Å². The topological polar surface area (TPSA) is 9.86 Å². The Kier molecular flexibility index (Phi) is 12.5. The van der Waals surface area contributed by atoms with E-state index in [1.165, 1.54) is 191 Å². The van der Waals surface area contributed by atoms with E-state index in [1.54, 1.807) is 0 Å². The van der Waals surface area contributed by atoms with Crippen molar-refractivity contribution in [2.45, 2.75) is 31.1 Å². The largest absolute Gasteiger partial charge is 0.309 e. The summed E-state index contributed by atoms with van der Waals surface area (Å²) < 4.78 is 4.86. The van der Waals surface area contributed by atoms with E-state index in [4.69, 9.17) is 0 Å². The summed E-state index contributed by atoms with van der Waals surface area (Å²) in [7, 11) is 0. The van der Waals surface area contributed by atoms with Gasteiger partial charge in [0.25, 0.3) is 0 Å². The van der Waals surface area contributed by atoms with Crippen molar-refractivity contribution < 1.29 is 0 Å². The van der Waals surface area contributed by atoms with E-state index in [9.17, 15) is 0 Å². The zero-order chi connectivity index (χ0) is 60.0. The Balaban J connectivity index is 0.550. The Morgan fingerprint density at radius 1 is 0.242 bits per heavy atom. The van der Waals surface area contributed by atoms with Crippen LogP contribution in [0.3, 0.4) is 0 Å². The van der Waals surface area contributed by atoms with Gasteiger partial charge in [-0.2, -0.15) is 0 Å². The van der Waals surface area contributed by atoms with Crippen molar-refractivity contribution in [3.05, 3.63) is 337 Å². The highest BCUT2D eigenvalue weighted by Gasteiger charge is 2.45. The summed E-state index contributed by atoms with van der Waals surface area (Å²) in [6.07, 6.45) is 13.8. The maximum Gasteiger partial charge on any atom is 0.0541 e. The molecule has 0 amide bonds. The molecule has 2 aliphatic rings. The third-order valence-electron chi connectivity index (χ3n) is 20.1. The number of hydrogen-bond acceptors (Lipinski definition) is 0. The lowest BCUT2D eigenvalue weighted by Gasteiger charge is -2.27. The third-order valence-corrected chi connectivity index (χ3v) is 20.1. The molecular formula is C89H62N2. The first kappa shape index (κ1) is 52.8. The molecule has 1 fully saturated rings.